The van der Waals surface area contributed by atoms with Crippen molar-refractivity contribution in [3.8, 4) is 5.75 Å². The Kier molecular flexibility index (Phi) is 7.02. The highest BCUT2D eigenvalue weighted by molar-refractivity contribution is 6.05. The Bertz CT molecular complexity index is 987. The number of rotatable bonds is 8. The summed E-state index contributed by atoms with van der Waals surface area (Å²) in [4.78, 5) is 50.9. The van der Waals surface area contributed by atoms with E-state index in [4.69, 9.17) is 14.2 Å². The van der Waals surface area contributed by atoms with Crippen LogP contribution in [0, 0.1) is 0 Å². The SMILES string of the molecule is CCOC(=O)CCC(=O)c1ccc2c(c1)N(C(C(=O)OC)c1ccccc1)C(=O)CO2. The van der Waals surface area contributed by atoms with Crippen molar-refractivity contribution < 1.29 is 33.4 Å². The molecule has 0 fully saturated rings. The fourth-order valence-electron chi connectivity index (χ4n) is 3.36. The van der Waals surface area contributed by atoms with Gasteiger partial charge >= 0.3 is 11.9 Å². The van der Waals surface area contributed by atoms with E-state index in [0.29, 0.717) is 16.9 Å². The zero-order valence-electron chi connectivity index (χ0n) is 17.3. The van der Waals surface area contributed by atoms with E-state index in [-0.39, 0.29) is 37.5 Å². The highest BCUT2D eigenvalue weighted by atomic mass is 16.5. The quantitative estimate of drug-likeness (QED) is 0.474. The predicted molar refractivity (Wildman–Crippen MR) is 111 cm³/mol. The zero-order chi connectivity index (χ0) is 22.4. The molecule has 1 amide bonds. The highest BCUT2D eigenvalue weighted by Gasteiger charge is 2.38. The molecule has 1 aliphatic heterocycles. The lowest BCUT2D eigenvalue weighted by Crippen LogP contribution is -2.44. The van der Waals surface area contributed by atoms with Crippen LogP contribution in [0.3, 0.4) is 0 Å². The van der Waals surface area contributed by atoms with Gasteiger partial charge in [0.25, 0.3) is 5.91 Å². The van der Waals surface area contributed by atoms with Crippen LogP contribution in [0.1, 0.15) is 41.7 Å². The molecule has 1 aliphatic rings. The molecule has 0 saturated carbocycles. The third kappa shape index (κ3) is 4.91. The molecule has 1 atom stereocenters. The number of fused-ring (bicyclic) bond motifs is 1. The number of carbonyl (C=O) groups is 4. The first-order valence-electron chi connectivity index (χ1n) is 9.86. The van der Waals surface area contributed by atoms with Crippen LogP contribution in [0.15, 0.2) is 48.5 Å². The number of ether oxygens (including phenoxy) is 3. The minimum Gasteiger partial charge on any atom is -0.482 e. The predicted octanol–water partition coefficient (Wildman–Crippen LogP) is 2.85. The van der Waals surface area contributed by atoms with Gasteiger partial charge in [-0.05, 0) is 30.7 Å². The Morgan fingerprint density at radius 3 is 2.52 bits per heavy atom. The smallest absolute Gasteiger partial charge is 0.333 e. The van der Waals surface area contributed by atoms with Crippen LogP contribution in [0.2, 0.25) is 0 Å². The van der Waals surface area contributed by atoms with E-state index in [1.807, 2.05) is 0 Å². The lowest BCUT2D eigenvalue weighted by Gasteiger charge is -2.34. The standard InChI is InChI=1S/C23H23NO7/c1-3-30-21(27)12-10-18(25)16-9-11-19-17(13-16)24(20(26)14-31-19)22(23(28)29-2)15-7-5-4-6-8-15/h4-9,11,13,22H,3,10,12,14H2,1-2H3. The van der Waals surface area contributed by atoms with Crippen LogP contribution in [0.5, 0.6) is 5.75 Å². The first-order valence-corrected chi connectivity index (χ1v) is 9.86. The molecule has 31 heavy (non-hydrogen) atoms. The van der Waals surface area contributed by atoms with Gasteiger partial charge in [-0.2, -0.15) is 0 Å². The maximum atomic E-state index is 12.8. The molecular formula is C23H23NO7. The summed E-state index contributed by atoms with van der Waals surface area (Å²) in [6, 6.07) is 12.4. The highest BCUT2D eigenvalue weighted by Crippen LogP contribution is 2.39. The minimum atomic E-state index is -1.04. The molecule has 0 aromatic heterocycles. The van der Waals surface area contributed by atoms with Crippen LogP contribution in [0.4, 0.5) is 5.69 Å². The Morgan fingerprint density at radius 2 is 1.84 bits per heavy atom. The van der Waals surface area contributed by atoms with Gasteiger partial charge in [-0.25, -0.2) is 4.79 Å². The number of hydrogen-bond acceptors (Lipinski definition) is 7. The summed E-state index contributed by atoms with van der Waals surface area (Å²) in [5.41, 5.74) is 1.15. The molecule has 0 saturated heterocycles. The number of methoxy groups -OCH3 is 1. The van der Waals surface area contributed by atoms with E-state index in [1.54, 1.807) is 49.4 Å². The molecule has 0 radical (unpaired) electrons. The van der Waals surface area contributed by atoms with Gasteiger partial charge in [0.1, 0.15) is 5.75 Å². The van der Waals surface area contributed by atoms with Gasteiger partial charge in [0, 0.05) is 12.0 Å². The lowest BCUT2D eigenvalue weighted by molar-refractivity contribution is -0.144. The summed E-state index contributed by atoms with van der Waals surface area (Å²) in [6.07, 6.45) is -0.0801. The van der Waals surface area contributed by atoms with Crippen molar-refractivity contribution in [1.29, 1.82) is 0 Å². The third-order valence-electron chi connectivity index (χ3n) is 4.82. The molecule has 162 valence electrons. The molecule has 8 heteroatoms. The lowest BCUT2D eigenvalue weighted by atomic mass is 10.0. The second kappa shape index (κ2) is 9.88. The number of nitrogens with zero attached hydrogens (tertiary/aromatic N) is 1. The number of ketones is 1. The average Bonchev–Trinajstić information content (AvgIpc) is 2.79. The van der Waals surface area contributed by atoms with Crippen molar-refractivity contribution in [2.75, 3.05) is 25.2 Å². The molecule has 0 N–H and O–H groups in total. The molecule has 0 spiro atoms. The maximum Gasteiger partial charge on any atom is 0.333 e. The van der Waals surface area contributed by atoms with Gasteiger partial charge in [-0.15, -0.1) is 0 Å². The summed E-state index contributed by atoms with van der Waals surface area (Å²) in [5.74, 6) is -1.44. The molecule has 8 nitrogen and oxygen atoms in total. The molecule has 2 aromatic rings. The summed E-state index contributed by atoms with van der Waals surface area (Å²) in [7, 11) is 1.25. The van der Waals surface area contributed by atoms with Crippen LogP contribution >= 0.6 is 0 Å². The Morgan fingerprint density at radius 1 is 1.10 bits per heavy atom. The number of esters is 2. The molecule has 0 bridgehead atoms. The molecule has 1 unspecified atom stereocenters. The third-order valence-corrected chi connectivity index (χ3v) is 4.82. The summed E-state index contributed by atoms with van der Waals surface area (Å²) in [6.45, 7) is 1.69. The Labute approximate surface area is 179 Å². The fraction of sp³-hybridized carbons (Fsp3) is 0.304. The van der Waals surface area contributed by atoms with Crippen LogP contribution in [0.25, 0.3) is 0 Å². The number of hydrogen-bond donors (Lipinski definition) is 0. The van der Waals surface area contributed by atoms with Gasteiger partial charge in [0.2, 0.25) is 0 Å². The average molecular weight is 425 g/mol. The second-order valence-electron chi connectivity index (χ2n) is 6.80. The molecule has 2 aromatic carbocycles. The number of benzene rings is 2. The molecule has 3 rings (SSSR count). The van der Waals surface area contributed by atoms with Crippen molar-refractivity contribution in [3.63, 3.8) is 0 Å². The summed E-state index contributed by atoms with van der Waals surface area (Å²) in [5, 5.41) is 0. The zero-order valence-corrected chi connectivity index (χ0v) is 17.3. The van der Waals surface area contributed by atoms with Crippen LogP contribution < -0.4 is 9.64 Å². The Hall–Kier alpha value is -3.68. The second-order valence-corrected chi connectivity index (χ2v) is 6.80. The topological polar surface area (TPSA) is 99.2 Å². The number of carbonyl (C=O) groups excluding carboxylic acids is 4. The largest absolute Gasteiger partial charge is 0.482 e. The summed E-state index contributed by atoms with van der Waals surface area (Å²) >= 11 is 0. The monoisotopic (exact) mass is 425 g/mol. The van der Waals surface area contributed by atoms with Crippen molar-refractivity contribution in [3.05, 3.63) is 59.7 Å². The number of amides is 1. The van der Waals surface area contributed by atoms with E-state index >= 15 is 0 Å². The normalized spacial score (nSPS) is 13.6. The van der Waals surface area contributed by atoms with Crippen LogP contribution in [-0.4, -0.2) is 44.0 Å². The number of Topliss-reactive ketones (excluding diaryl/α,β-unsaturated/α-hetero) is 1. The van der Waals surface area contributed by atoms with E-state index < -0.39 is 23.9 Å². The Balaban J connectivity index is 1.96. The number of anilines is 1. The van der Waals surface area contributed by atoms with Gasteiger partial charge in [0.05, 0.1) is 25.8 Å². The van der Waals surface area contributed by atoms with Gasteiger partial charge in [-0.3, -0.25) is 19.3 Å². The van der Waals surface area contributed by atoms with Crippen molar-refractivity contribution >= 4 is 29.3 Å². The minimum absolute atomic E-state index is 0.0362. The first-order chi connectivity index (χ1) is 15.0. The first kappa shape index (κ1) is 22.0. The molecule has 0 aliphatic carbocycles. The van der Waals surface area contributed by atoms with Crippen molar-refractivity contribution in [2.24, 2.45) is 0 Å². The van der Waals surface area contributed by atoms with Crippen molar-refractivity contribution in [2.45, 2.75) is 25.8 Å². The van der Waals surface area contributed by atoms with Gasteiger partial charge in [-0.1, -0.05) is 30.3 Å². The molecule has 1 heterocycles. The van der Waals surface area contributed by atoms with E-state index in [0.717, 1.165) is 0 Å². The summed E-state index contributed by atoms with van der Waals surface area (Å²) < 4.78 is 15.3. The van der Waals surface area contributed by atoms with Crippen LogP contribution in [-0.2, 0) is 23.9 Å². The van der Waals surface area contributed by atoms with Gasteiger partial charge in [0.15, 0.2) is 18.4 Å². The van der Waals surface area contributed by atoms with E-state index in [9.17, 15) is 19.2 Å². The van der Waals surface area contributed by atoms with E-state index in [1.165, 1.54) is 18.1 Å². The van der Waals surface area contributed by atoms with Gasteiger partial charge < -0.3 is 14.2 Å². The molecular weight excluding hydrogens is 402 g/mol. The van der Waals surface area contributed by atoms with Crippen molar-refractivity contribution in [1.82, 2.24) is 0 Å². The fourth-order valence-corrected chi connectivity index (χ4v) is 3.36. The maximum absolute atomic E-state index is 12.8. The van der Waals surface area contributed by atoms with E-state index in [2.05, 4.69) is 0 Å².